The van der Waals surface area contributed by atoms with Crippen LogP contribution in [0, 0.1) is 0 Å². The van der Waals surface area contributed by atoms with Gasteiger partial charge in [0.05, 0.1) is 0 Å². The highest BCUT2D eigenvalue weighted by molar-refractivity contribution is 5.85. The first-order valence-electron chi connectivity index (χ1n) is 5.40. The van der Waals surface area contributed by atoms with Crippen molar-refractivity contribution in [1.29, 1.82) is 0 Å². The molecule has 0 aromatic heterocycles. The van der Waals surface area contributed by atoms with Gasteiger partial charge in [-0.1, -0.05) is 24.3 Å². The van der Waals surface area contributed by atoms with Gasteiger partial charge < -0.3 is 11.5 Å². The van der Waals surface area contributed by atoms with Gasteiger partial charge in [0.15, 0.2) is 5.96 Å². The molecule has 0 unspecified atom stereocenters. The van der Waals surface area contributed by atoms with E-state index in [2.05, 4.69) is 29.3 Å². The third kappa shape index (κ3) is 3.74. The van der Waals surface area contributed by atoms with Gasteiger partial charge in [0, 0.05) is 6.54 Å². The third-order valence-corrected chi connectivity index (χ3v) is 2.72. The number of nitrogens with zero attached hydrogens (tertiary/aromatic N) is 1. The molecule has 1 fully saturated rings. The zero-order chi connectivity index (χ0) is 10.7. The minimum Gasteiger partial charge on any atom is -0.370 e. The van der Waals surface area contributed by atoms with E-state index in [-0.39, 0.29) is 18.4 Å². The highest BCUT2D eigenvalue weighted by atomic mass is 35.5. The quantitative estimate of drug-likeness (QED) is 0.622. The molecule has 1 aromatic carbocycles. The molecule has 1 saturated carbocycles. The van der Waals surface area contributed by atoms with Crippen molar-refractivity contribution in [3.05, 3.63) is 35.4 Å². The number of hydrogen-bond donors (Lipinski definition) is 2. The van der Waals surface area contributed by atoms with Gasteiger partial charge in [-0.05, 0) is 36.3 Å². The van der Waals surface area contributed by atoms with E-state index >= 15 is 0 Å². The molecule has 0 amide bonds. The summed E-state index contributed by atoms with van der Waals surface area (Å²) in [6.07, 6.45) is 3.61. The van der Waals surface area contributed by atoms with Gasteiger partial charge in [0.25, 0.3) is 0 Å². The Hall–Kier alpha value is -1.22. The molecular formula is C12H18ClN3. The summed E-state index contributed by atoms with van der Waals surface area (Å²) >= 11 is 0. The largest absolute Gasteiger partial charge is 0.370 e. The molecule has 0 bridgehead atoms. The van der Waals surface area contributed by atoms with E-state index in [1.165, 1.54) is 24.0 Å². The molecule has 16 heavy (non-hydrogen) atoms. The van der Waals surface area contributed by atoms with E-state index in [0.29, 0.717) is 6.54 Å². The Morgan fingerprint density at radius 3 is 2.31 bits per heavy atom. The van der Waals surface area contributed by atoms with Crippen molar-refractivity contribution in [2.45, 2.75) is 25.2 Å². The summed E-state index contributed by atoms with van der Waals surface area (Å²) in [6.45, 7) is 0.672. The van der Waals surface area contributed by atoms with E-state index < -0.39 is 0 Å². The molecule has 2 rings (SSSR count). The summed E-state index contributed by atoms with van der Waals surface area (Å²) < 4.78 is 0. The second kappa shape index (κ2) is 5.75. The highest BCUT2D eigenvalue weighted by Gasteiger charge is 2.22. The van der Waals surface area contributed by atoms with Gasteiger partial charge in [-0.25, -0.2) is 0 Å². The molecule has 0 aliphatic heterocycles. The molecule has 3 nitrogen and oxygen atoms in total. The van der Waals surface area contributed by atoms with Crippen LogP contribution in [-0.4, -0.2) is 12.5 Å². The van der Waals surface area contributed by atoms with Gasteiger partial charge in [-0.15, -0.1) is 12.4 Å². The maximum atomic E-state index is 5.26. The topological polar surface area (TPSA) is 64.4 Å². The number of halogens is 1. The normalized spacial score (nSPS) is 14.0. The molecular weight excluding hydrogens is 222 g/mol. The van der Waals surface area contributed by atoms with E-state index in [4.69, 9.17) is 11.5 Å². The van der Waals surface area contributed by atoms with Gasteiger partial charge in [0.2, 0.25) is 0 Å². The third-order valence-electron chi connectivity index (χ3n) is 2.72. The molecule has 1 aromatic rings. The summed E-state index contributed by atoms with van der Waals surface area (Å²) in [6, 6.07) is 8.80. The van der Waals surface area contributed by atoms with Crippen LogP contribution in [-0.2, 0) is 6.42 Å². The molecule has 1 aliphatic rings. The Morgan fingerprint density at radius 2 is 1.81 bits per heavy atom. The fraction of sp³-hybridized carbons (Fsp3) is 0.417. The highest BCUT2D eigenvalue weighted by Crippen LogP contribution is 2.39. The Labute approximate surface area is 102 Å². The van der Waals surface area contributed by atoms with E-state index in [1.54, 1.807) is 0 Å². The average Bonchev–Trinajstić information content (AvgIpc) is 3.02. The molecule has 0 radical (unpaired) electrons. The maximum Gasteiger partial charge on any atom is 0.185 e. The van der Waals surface area contributed by atoms with Gasteiger partial charge >= 0.3 is 0 Å². The lowest BCUT2D eigenvalue weighted by molar-refractivity contribution is 0.959. The van der Waals surface area contributed by atoms with Crippen LogP contribution in [0.4, 0.5) is 0 Å². The van der Waals surface area contributed by atoms with Crippen LogP contribution in [0.1, 0.15) is 29.9 Å². The van der Waals surface area contributed by atoms with Crippen molar-refractivity contribution >= 4 is 18.4 Å². The molecule has 0 atom stereocenters. The Morgan fingerprint density at radius 1 is 1.19 bits per heavy atom. The fourth-order valence-electron chi connectivity index (χ4n) is 1.69. The molecule has 0 saturated heterocycles. The van der Waals surface area contributed by atoms with Crippen LogP contribution in [0.5, 0.6) is 0 Å². The van der Waals surface area contributed by atoms with Gasteiger partial charge in [-0.2, -0.15) is 0 Å². The Kier molecular flexibility index (Phi) is 4.62. The number of benzene rings is 1. The number of hydrogen-bond acceptors (Lipinski definition) is 1. The first-order chi connectivity index (χ1) is 7.25. The van der Waals surface area contributed by atoms with E-state index in [1.807, 2.05) is 0 Å². The first kappa shape index (κ1) is 12.8. The SMILES string of the molecule is Cl.NC(N)=NCCc1ccc(C2CC2)cc1. The molecule has 88 valence electrons. The van der Waals surface area contributed by atoms with Crippen molar-refractivity contribution in [3.63, 3.8) is 0 Å². The van der Waals surface area contributed by atoms with Crippen LogP contribution >= 0.6 is 12.4 Å². The molecule has 0 spiro atoms. The van der Waals surface area contributed by atoms with Gasteiger partial charge in [-0.3, -0.25) is 4.99 Å². The van der Waals surface area contributed by atoms with Crippen LogP contribution in [0.3, 0.4) is 0 Å². The molecule has 4 heteroatoms. The van der Waals surface area contributed by atoms with Crippen molar-refractivity contribution < 1.29 is 0 Å². The van der Waals surface area contributed by atoms with Crippen LogP contribution < -0.4 is 11.5 Å². The lowest BCUT2D eigenvalue weighted by atomic mass is 10.1. The van der Waals surface area contributed by atoms with Crippen molar-refractivity contribution in [2.24, 2.45) is 16.5 Å². The second-order valence-electron chi connectivity index (χ2n) is 4.07. The summed E-state index contributed by atoms with van der Waals surface area (Å²) in [4.78, 5) is 3.96. The maximum absolute atomic E-state index is 5.26. The predicted octanol–water partition coefficient (Wildman–Crippen LogP) is 1.80. The average molecular weight is 240 g/mol. The monoisotopic (exact) mass is 239 g/mol. The summed E-state index contributed by atoms with van der Waals surface area (Å²) in [5, 5.41) is 0. The van der Waals surface area contributed by atoms with Crippen LogP contribution in [0.25, 0.3) is 0 Å². The zero-order valence-electron chi connectivity index (χ0n) is 9.23. The van der Waals surface area contributed by atoms with Crippen LogP contribution in [0.2, 0.25) is 0 Å². The molecule has 0 heterocycles. The van der Waals surface area contributed by atoms with Crippen molar-refractivity contribution in [1.82, 2.24) is 0 Å². The standard InChI is InChI=1S/C12H17N3.ClH/c13-12(14)15-8-7-9-1-3-10(4-2-9)11-5-6-11;/h1-4,11H,5-8H2,(H4,13,14,15);1H. The van der Waals surface area contributed by atoms with Gasteiger partial charge in [0.1, 0.15) is 0 Å². The minimum atomic E-state index is 0. The smallest absolute Gasteiger partial charge is 0.185 e. The number of aliphatic imine (C=N–C) groups is 1. The number of guanidine groups is 1. The summed E-state index contributed by atoms with van der Waals surface area (Å²) in [5.41, 5.74) is 13.3. The summed E-state index contributed by atoms with van der Waals surface area (Å²) in [5.74, 6) is 1.00. The fourth-order valence-corrected chi connectivity index (χ4v) is 1.69. The molecule has 1 aliphatic carbocycles. The van der Waals surface area contributed by atoms with Crippen molar-refractivity contribution in [3.8, 4) is 0 Å². The lowest BCUT2D eigenvalue weighted by Gasteiger charge is -2.01. The van der Waals surface area contributed by atoms with E-state index in [0.717, 1.165) is 12.3 Å². The first-order valence-corrected chi connectivity index (χ1v) is 5.40. The summed E-state index contributed by atoms with van der Waals surface area (Å²) in [7, 11) is 0. The molecule has 4 N–H and O–H groups in total. The zero-order valence-corrected chi connectivity index (χ0v) is 10.0. The minimum absolute atomic E-state index is 0. The van der Waals surface area contributed by atoms with E-state index in [9.17, 15) is 0 Å². The Balaban J connectivity index is 0.00000128. The number of nitrogens with two attached hydrogens (primary N) is 2. The second-order valence-corrected chi connectivity index (χ2v) is 4.07. The Bertz CT molecular complexity index is 351. The van der Waals surface area contributed by atoms with Crippen LogP contribution in [0.15, 0.2) is 29.3 Å². The number of rotatable bonds is 4. The lowest BCUT2D eigenvalue weighted by Crippen LogP contribution is -2.23. The van der Waals surface area contributed by atoms with Crippen molar-refractivity contribution in [2.75, 3.05) is 6.54 Å². The predicted molar refractivity (Wildman–Crippen MR) is 70.0 cm³/mol.